The van der Waals surface area contributed by atoms with Crippen molar-refractivity contribution in [3.8, 4) is 5.75 Å². The highest BCUT2D eigenvalue weighted by Crippen LogP contribution is 2.29. The van der Waals surface area contributed by atoms with Crippen LogP contribution in [0.2, 0.25) is 0 Å². The number of benzene rings is 1. The predicted octanol–water partition coefficient (Wildman–Crippen LogP) is 3.92. The molecule has 1 heterocycles. The third kappa shape index (κ3) is 3.47. The Balaban J connectivity index is 2.24. The normalized spacial score (nSPS) is 11.2. The van der Waals surface area contributed by atoms with Crippen molar-refractivity contribution in [2.45, 2.75) is 6.18 Å². The Kier molecular flexibility index (Phi) is 4.26. The van der Waals surface area contributed by atoms with Crippen molar-refractivity contribution in [3.05, 3.63) is 57.4 Å². The number of pyridine rings is 1. The molecule has 7 heteroatoms. The molecule has 0 saturated carbocycles. The first-order chi connectivity index (χ1) is 9.38. The van der Waals surface area contributed by atoms with Gasteiger partial charge in [0.1, 0.15) is 3.70 Å². The van der Waals surface area contributed by atoms with Gasteiger partial charge in [-0.05, 0) is 52.9 Å². The molecular formula is C13H7F3INO2. The molecule has 0 bridgehead atoms. The van der Waals surface area contributed by atoms with Crippen LogP contribution in [-0.2, 0) is 6.18 Å². The molecule has 104 valence electrons. The van der Waals surface area contributed by atoms with E-state index in [0.29, 0.717) is 3.70 Å². The molecule has 0 aliphatic rings. The summed E-state index contributed by atoms with van der Waals surface area (Å²) in [7, 11) is 0. The van der Waals surface area contributed by atoms with Crippen LogP contribution in [0.25, 0.3) is 0 Å². The largest absolute Gasteiger partial charge is 0.420 e. The predicted molar refractivity (Wildman–Crippen MR) is 73.4 cm³/mol. The fourth-order valence-electron chi connectivity index (χ4n) is 1.43. The zero-order valence-electron chi connectivity index (χ0n) is 9.82. The molecule has 2 aromatic rings. The number of nitrogens with zero attached hydrogens (tertiary/aromatic N) is 1. The zero-order chi connectivity index (χ0) is 14.8. The molecule has 0 saturated heterocycles. The van der Waals surface area contributed by atoms with Crippen LogP contribution in [-0.4, -0.2) is 11.0 Å². The lowest BCUT2D eigenvalue weighted by Crippen LogP contribution is -2.12. The maximum atomic E-state index is 12.6. The van der Waals surface area contributed by atoms with Crippen LogP contribution in [0.5, 0.6) is 5.75 Å². The lowest BCUT2D eigenvalue weighted by molar-refractivity contribution is -0.137. The SMILES string of the molecule is O=C(Oc1cccnc1I)c1cccc(C(F)(F)F)c1. The molecule has 0 aliphatic carbocycles. The molecule has 0 radical (unpaired) electrons. The molecule has 0 atom stereocenters. The Morgan fingerprint density at radius 1 is 1.20 bits per heavy atom. The molecular weight excluding hydrogens is 386 g/mol. The highest BCUT2D eigenvalue weighted by Gasteiger charge is 2.31. The van der Waals surface area contributed by atoms with Crippen molar-refractivity contribution in [1.82, 2.24) is 4.98 Å². The van der Waals surface area contributed by atoms with Gasteiger partial charge in [0.05, 0.1) is 11.1 Å². The number of hydrogen-bond acceptors (Lipinski definition) is 3. The topological polar surface area (TPSA) is 39.2 Å². The lowest BCUT2D eigenvalue weighted by Gasteiger charge is -2.09. The summed E-state index contributed by atoms with van der Waals surface area (Å²) >= 11 is 1.86. The maximum Gasteiger partial charge on any atom is 0.416 e. The molecule has 0 aliphatic heterocycles. The molecule has 0 spiro atoms. The number of ether oxygens (including phenoxy) is 1. The summed E-state index contributed by atoms with van der Waals surface area (Å²) in [6, 6.07) is 7.15. The van der Waals surface area contributed by atoms with Gasteiger partial charge in [0.15, 0.2) is 5.75 Å². The second-order valence-corrected chi connectivity index (χ2v) is 4.78. The van der Waals surface area contributed by atoms with E-state index < -0.39 is 17.7 Å². The number of carbonyl (C=O) groups excluding carboxylic acids is 1. The van der Waals surface area contributed by atoms with Crippen LogP contribution in [0.4, 0.5) is 13.2 Å². The molecule has 20 heavy (non-hydrogen) atoms. The van der Waals surface area contributed by atoms with Crippen molar-refractivity contribution >= 4 is 28.6 Å². The standard InChI is InChI=1S/C13H7F3INO2/c14-13(15,16)9-4-1-3-8(7-9)12(19)20-10-5-2-6-18-11(10)17/h1-7H. The van der Waals surface area contributed by atoms with Gasteiger partial charge in [-0.3, -0.25) is 0 Å². The smallest absolute Gasteiger partial charge is 0.416 e. The van der Waals surface area contributed by atoms with Crippen molar-refractivity contribution in [2.24, 2.45) is 0 Å². The van der Waals surface area contributed by atoms with Gasteiger partial charge in [-0.25, -0.2) is 9.78 Å². The average Bonchev–Trinajstić information content (AvgIpc) is 2.40. The number of esters is 1. The quantitative estimate of drug-likeness (QED) is 0.441. The summed E-state index contributed by atoms with van der Waals surface area (Å²) in [6.07, 6.45) is -2.98. The van der Waals surface area contributed by atoms with Gasteiger partial charge in [0.2, 0.25) is 0 Å². The maximum absolute atomic E-state index is 12.6. The van der Waals surface area contributed by atoms with Gasteiger partial charge < -0.3 is 4.74 Å². The van der Waals surface area contributed by atoms with Crippen LogP contribution in [0, 0.1) is 3.70 Å². The fraction of sp³-hybridized carbons (Fsp3) is 0.0769. The minimum absolute atomic E-state index is 0.167. The van der Waals surface area contributed by atoms with Gasteiger partial charge in [-0.15, -0.1) is 0 Å². The van der Waals surface area contributed by atoms with Crippen molar-refractivity contribution in [1.29, 1.82) is 0 Å². The van der Waals surface area contributed by atoms with Crippen LogP contribution < -0.4 is 4.74 Å². The summed E-state index contributed by atoms with van der Waals surface area (Å²) in [5.74, 6) is -0.655. The van der Waals surface area contributed by atoms with E-state index in [1.54, 1.807) is 6.07 Å². The second kappa shape index (κ2) is 5.78. The molecule has 2 rings (SSSR count). The Morgan fingerprint density at radius 2 is 1.95 bits per heavy atom. The average molecular weight is 393 g/mol. The number of carbonyl (C=O) groups is 1. The summed E-state index contributed by atoms with van der Waals surface area (Å²) in [5.41, 5.74) is -1.06. The van der Waals surface area contributed by atoms with Gasteiger partial charge in [-0.1, -0.05) is 6.07 Å². The summed E-state index contributed by atoms with van der Waals surface area (Å²) in [6.45, 7) is 0. The number of rotatable bonds is 2. The van der Waals surface area contributed by atoms with E-state index in [9.17, 15) is 18.0 Å². The van der Waals surface area contributed by atoms with E-state index in [2.05, 4.69) is 4.98 Å². The molecule has 3 nitrogen and oxygen atoms in total. The van der Waals surface area contributed by atoms with E-state index in [0.717, 1.165) is 18.2 Å². The van der Waals surface area contributed by atoms with Crippen molar-refractivity contribution < 1.29 is 22.7 Å². The highest BCUT2D eigenvalue weighted by molar-refractivity contribution is 14.1. The van der Waals surface area contributed by atoms with Crippen LogP contribution >= 0.6 is 22.6 Å². The first-order valence-electron chi connectivity index (χ1n) is 5.38. The summed E-state index contributed by atoms with van der Waals surface area (Å²) in [5, 5.41) is 0. The minimum Gasteiger partial charge on any atom is -0.420 e. The van der Waals surface area contributed by atoms with Crippen molar-refractivity contribution in [3.63, 3.8) is 0 Å². The molecule has 1 aromatic heterocycles. The second-order valence-electron chi connectivity index (χ2n) is 3.76. The van der Waals surface area contributed by atoms with Gasteiger partial charge in [0.25, 0.3) is 0 Å². The Hall–Kier alpha value is -1.64. The first kappa shape index (κ1) is 14.8. The Morgan fingerprint density at radius 3 is 2.60 bits per heavy atom. The van der Waals surface area contributed by atoms with Crippen LogP contribution in [0.3, 0.4) is 0 Å². The van der Waals surface area contributed by atoms with Gasteiger partial charge in [-0.2, -0.15) is 13.2 Å². The molecule has 1 aromatic carbocycles. The monoisotopic (exact) mass is 393 g/mol. The highest BCUT2D eigenvalue weighted by atomic mass is 127. The fourth-order valence-corrected chi connectivity index (χ4v) is 1.88. The number of alkyl halides is 3. The number of hydrogen-bond donors (Lipinski definition) is 0. The van der Waals surface area contributed by atoms with E-state index in [1.807, 2.05) is 22.6 Å². The van der Waals surface area contributed by atoms with E-state index in [-0.39, 0.29) is 11.3 Å². The summed E-state index contributed by atoms with van der Waals surface area (Å²) < 4.78 is 43.1. The molecule has 0 unspecified atom stereocenters. The number of halogens is 4. The molecule has 0 fully saturated rings. The first-order valence-corrected chi connectivity index (χ1v) is 6.46. The Bertz CT molecular complexity index is 644. The van der Waals surface area contributed by atoms with Crippen molar-refractivity contribution in [2.75, 3.05) is 0 Å². The third-order valence-electron chi connectivity index (χ3n) is 2.35. The molecule has 0 N–H and O–H groups in total. The van der Waals surface area contributed by atoms with E-state index in [4.69, 9.17) is 4.74 Å². The van der Waals surface area contributed by atoms with Crippen LogP contribution in [0.15, 0.2) is 42.6 Å². The lowest BCUT2D eigenvalue weighted by atomic mass is 10.1. The van der Waals surface area contributed by atoms with E-state index >= 15 is 0 Å². The number of aromatic nitrogens is 1. The molecule has 0 amide bonds. The Labute approximate surface area is 125 Å². The van der Waals surface area contributed by atoms with Crippen LogP contribution in [0.1, 0.15) is 15.9 Å². The third-order valence-corrected chi connectivity index (χ3v) is 3.16. The zero-order valence-corrected chi connectivity index (χ0v) is 12.0. The van der Waals surface area contributed by atoms with E-state index in [1.165, 1.54) is 18.3 Å². The van der Waals surface area contributed by atoms with Gasteiger partial charge >= 0.3 is 12.1 Å². The minimum atomic E-state index is -4.50. The van der Waals surface area contributed by atoms with Gasteiger partial charge in [0, 0.05) is 6.20 Å². The summed E-state index contributed by atoms with van der Waals surface area (Å²) in [4.78, 5) is 15.7.